The third kappa shape index (κ3) is 8.25. The second-order valence-electron chi connectivity index (χ2n) is 5.85. The van der Waals surface area contributed by atoms with Crippen LogP contribution in [0.4, 0.5) is 4.79 Å². The van der Waals surface area contributed by atoms with Gasteiger partial charge in [0, 0.05) is 6.54 Å². The highest BCUT2D eigenvalue weighted by atomic mass is 35.5. The third-order valence-electron chi connectivity index (χ3n) is 2.78. The number of carbonyl (C=O) groups excluding carboxylic acids is 2. The Balaban J connectivity index is 4.52. The topological polar surface area (TPSA) is 64.6 Å². The average Bonchev–Trinajstić information content (AvgIpc) is 2.25. The molecule has 0 aliphatic heterocycles. The zero-order valence-corrected chi connectivity index (χ0v) is 13.9. The van der Waals surface area contributed by atoms with Crippen LogP contribution in [0.1, 0.15) is 48.0 Å². The SMILES string of the molecule is CCC(C)C(CNC(=O)OC(C)(C)C)C(=O)OC(C)Cl. The Morgan fingerprint density at radius 2 is 1.80 bits per heavy atom. The predicted octanol–water partition coefficient (Wildman–Crippen LogP) is 3.30. The molecule has 3 atom stereocenters. The van der Waals surface area contributed by atoms with Crippen LogP contribution in [0.15, 0.2) is 0 Å². The number of hydrogen-bond acceptors (Lipinski definition) is 4. The molecule has 0 saturated carbocycles. The minimum Gasteiger partial charge on any atom is -0.446 e. The Labute approximate surface area is 126 Å². The van der Waals surface area contributed by atoms with Gasteiger partial charge in [-0.15, -0.1) is 0 Å². The highest BCUT2D eigenvalue weighted by Crippen LogP contribution is 2.18. The van der Waals surface area contributed by atoms with Gasteiger partial charge in [0.15, 0.2) is 5.56 Å². The molecule has 0 fully saturated rings. The average molecular weight is 308 g/mol. The molecule has 1 N–H and O–H groups in total. The molecule has 0 aliphatic rings. The van der Waals surface area contributed by atoms with Crippen molar-refractivity contribution < 1.29 is 19.1 Å². The lowest BCUT2D eigenvalue weighted by atomic mass is 9.92. The van der Waals surface area contributed by atoms with E-state index in [4.69, 9.17) is 21.1 Å². The summed E-state index contributed by atoms with van der Waals surface area (Å²) in [4.78, 5) is 23.6. The summed E-state index contributed by atoms with van der Waals surface area (Å²) in [5.41, 5.74) is -1.25. The molecule has 0 aromatic rings. The van der Waals surface area contributed by atoms with Crippen LogP contribution in [0.5, 0.6) is 0 Å². The van der Waals surface area contributed by atoms with E-state index in [1.807, 2.05) is 13.8 Å². The van der Waals surface area contributed by atoms with E-state index in [2.05, 4.69) is 5.32 Å². The van der Waals surface area contributed by atoms with Gasteiger partial charge in [-0.3, -0.25) is 4.79 Å². The first-order chi connectivity index (χ1) is 9.06. The monoisotopic (exact) mass is 307 g/mol. The largest absolute Gasteiger partial charge is 0.446 e. The number of carbonyl (C=O) groups is 2. The number of alkyl halides is 1. The number of halogens is 1. The van der Waals surface area contributed by atoms with Gasteiger partial charge in [0.1, 0.15) is 5.60 Å². The van der Waals surface area contributed by atoms with E-state index in [9.17, 15) is 9.59 Å². The summed E-state index contributed by atoms with van der Waals surface area (Å²) in [6.45, 7) is 11.0. The summed E-state index contributed by atoms with van der Waals surface area (Å²) in [6, 6.07) is 0. The molecule has 0 rings (SSSR count). The zero-order valence-electron chi connectivity index (χ0n) is 13.2. The highest BCUT2D eigenvalue weighted by Gasteiger charge is 2.28. The van der Waals surface area contributed by atoms with Gasteiger partial charge in [-0.1, -0.05) is 31.9 Å². The molecule has 118 valence electrons. The van der Waals surface area contributed by atoms with E-state index >= 15 is 0 Å². The molecule has 6 heteroatoms. The lowest BCUT2D eigenvalue weighted by Crippen LogP contribution is -2.40. The van der Waals surface area contributed by atoms with E-state index in [0.717, 1.165) is 6.42 Å². The molecule has 3 unspecified atom stereocenters. The third-order valence-corrected chi connectivity index (χ3v) is 2.87. The maximum atomic E-state index is 12.0. The quantitative estimate of drug-likeness (QED) is 0.604. The van der Waals surface area contributed by atoms with Crippen molar-refractivity contribution in [2.24, 2.45) is 11.8 Å². The van der Waals surface area contributed by atoms with Crippen LogP contribution < -0.4 is 5.32 Å². The Morgan fingerprint density at radius 1 is 1.25 bits per heavy atom. The van der Waals surface area contributed by atoms with Gasteiger partial charge in [0.2, 0.25) is 0 Å². The highest BCUT2D eigenvalue weighted by molar-refractivity contribution is 6.20. The molecule has 20 heavy (non-hydrogen) atoms. The number of nitrogens with one attached hydrogen (secondary N) is 1. The number of hydrogen-bond donors (Lipinski definition) is 1. The van der Waals surface area contributed by atoms with E-state index in [0.29, 0.717) is 0 Å². The summed E-state index contributed by atoms with van der Waals surface area (Å²) in [6.07, 6.45) is 0.254. The van der Waals surface area contributed by atoms with Crippen LogP contribution >= 0.6 is 11.6 Å². The molecule has 0 heterocycles. The molecule has 0 aliphatic carbocycles. The van der Waals surface area contributed by atoms with Crippen molar-refractivity contribution in [2.45, 2.75) is 59.1 Å². The van der Waals surface area contributed by atoms with Crippen molar-refractivity contribution in [1.82, 2.24) is 5.32 Å². The fourth-order valence-corrected chi connectivity index (χ4v) is 1.64. The lowest BCUT2D eigenvalue weighted by molar-refractivity contribution is -0.151. The minimum absolute atomic E-state index is 0.0767. The molecule has 0 aromatic carbocycles. The molecule has 0 spiro atoms. The second kappa shape index (κ2) is 8.35. The molecular weight excluding hydrogens is 282 g/mol. The standard InChI is InChI=1S/C14H26ClNO4/c1-7-9(2)11(12(17)19-10(3)15)8-16-13(18)20-14(4,5)6/h9-11H,7-8H2,1-6H3,(H,16,18). The molecule has 1 amide bonds. The number of alkyl carbamates (subject to hydrolysis) is 1. The van der Waals surface area contributed by atoms with E-state index in [1.54, 1.807) is 27.7 Å². The van der Waals surface area contributed by atoms with Crippen molar-refractivity contribution >= 4 is 23.7 Å². The molecule has 0 aromatic heterocycles. The maximum Gasteiger partial charge on any atom is 0.407 e. The van der Waals surface area contributed by atoms with Gasteiger partial charge >= 0.3 is 12.1 Å². The Bertz CT molecular complexity index is 326. The van der Waals surface area contributed by atoms with E-state index in [-0.39, 0.29) is 12.5 Å². The van der Waals surface area contributed by atoms with Gasteiger partial charge in [-0.25, -0.2) is 4.79 Å². The van der Waals surface area contributed by atoms with Gasteiger partial charge in [-0.05, 0) is 33.6 Å². The predicted molar refractivity (Wildman–Crippen MR) is 78.6 cm³/mol. The van der Waals surface area contributed by atoms with Crippen LogP contribution in [0, 0.1) is 11.8 Å². The lowest BCUT2D eigenvalue weighted by Gasteiger charge is -2.24. The van der Waals surface area contributed by atoms with Crippen molar-refractivity contribution in [2.75, 3.05) is 6.54 Å². The van der Waals surface area contributed by atoms with Gasteiger partial charge in [-0.2, -0.15) is 0 Å². The summed E-state index contributed by atoms with van der Waals surface area (Å²) in [7, 11) is 0. The van der Waals surface area contributed by atoms with E-state index in [1.165, 1.54) is 0 Å². The smallest absolute Gasteiger partial charge is 0.407 e. The summed E-state index contributed by atoms with van der Waals surface area (Å²) >= 11 is 5.66. The van der Waals surface area contributed by atoms with E-state index < -0.39 is 29.1 Å². The zero-order chi connectivity index (χ0) is 15.9. The first kappa shape index (κ1) is 19.0. The van der Waals surface area contributed by atoms with Crippen LogP contribution in [-0.2, 0) is 14.3 Å². The van der Waals surface area contributed by atoms with Crippen molar-refractivity contribution in [3.05, 3.63) is 0 Å². The number of rotatable bonds is 6. The van der Waals surface area contributed by atoms with Crippen molar-refractivity contribution in [3.63, 3.8) is 0 Å². The van der Waals surface area contributed by atoms with Crippen LogP contribution in [0.3, 0.4) is 0 Å². The molecule has 0 saturated heterocycles. The Hall–Kier alpha value is -0.970. The summed E-state index contributed by atoms with van der Waals surface area (Å²) in [5.74, 6) is -0.764. The van der Waals surface area contributed by atoms with Gasteiger partial charge in [0.25, 0.3) is 0 Å². The summed E-state index contributed by atoms with van der Waals surface area (Å²) < 4.78 is 10.1. The first-order valence-electron chi connectivity index (χ1n) is 6.88. The first-order valence-corrected chi connectivity index (χ1v) is 7.31. The minimum atomic E-state index is -0.685. The fraction of sp³-hybridized carbons (Fsp3) is 0.857. The molecule has 5 nitrogen and oxygen atoms in total. The van der Waals surface area contributed by atoms with Crippen LogP contribution in [-0.4, -0.2) is 29.8 Å². The normalized spacial score (nSPS) is 15.9. The summed E-state index contributed by atoms with van der Waals surface area (Å²) in [5, 5.41) is 2.60. The van der Waals surface area contributed by atoms with Crippen LogP contribution in [0.25, 0.3) is 0 Å². The Morgan fingerprint density at radius 3 is 2.20 bits per heavy atom. The second-order valence-corrected chi connectivity index (χ2v) is 6.47. The number of esters is 1. The number of ether oxygens (including phenoxy) is 2. The Kier molecular flexibility index (Phi) is 7.94. The van der Waals surface area contributed by atoms with Crippen molar-refractivity contribution in [1.29, 1.82) is 0 Å². The number of amides is 1. The van der Waals surface area contributed by atoms with Gasteiger partial charge < -0.3 is 14.8 Å². The molecular formula is C14H26ClNO4. The molecule has 0 bridgehead atoms. The fourth-order valence-electron chi connectivity index (χ4n) is 1.56. The van der Waals surface area contributed by atoms with Gasteiger partial charge in [0.05, 0.1) is 5.92 Å². The maximum absolute atomic E-state index is 12.0. The van der Waals surface area contributed by atoms with Crippen LogP contribution in [0.2, 0.25) is 0 Å². The molecule has 0 radical (unpaired) electrons. The van der Waals surface area contributed by atoms with Crippen molar-refractivity contribution in [3.8, 4) is 0 Å².